The fraction of sp³-hybridized carbons (Fsp3) is 0.0769. The second-order valence-corrected chi connectivity index (χ2v) is 4.95. The van der Waals surface area contributed by atoms with E-state index in [1.165, 1.54) is 18.2 Å². The van der Waals surface area contributed by atoms with Gasteiger partial charge in [0, 0.05) is 16.6 Å². The zero-order valence-electron chi connectivity index (χ0n) is 9.18. The summed E-state index contributed by atoms with van der Waals surface area (Å²) < 4.78 is 27.4. The van der Waals surface area contributed by atoms with Crippen molar-refractivity contribution < 1.29 is 8.78 Å². The van der Waals surface area contributed by atoms with Crippen LogP contribution in [0.5, 0.6) is 0 Å². The number of halogens is 4. The average molecular weight is 333 g/mol. The number of rotatable bonds is 3. The van der Waals surface area contributed by atoms with Crippen molar-refractivity contribution in [1.29, 1.82) is 0 Å². The van der Waals surface area contributed by atoms with Gasteiger partial charge >= 0.3 is 0 Å². The molecule has 0 radical (unpaired) electrons. The summed E-state index contributed by atoms with van der Waals surface area (Å²) in [6, 6.07) is 9.05. The van der Waals surface area contributed by atoms with Crippen molar-refractivity contribution in [3.8, 4) is 0 Å². The minimum Gasteiger partial charge on any atom is -0.380 e. The normalized spacial score (nSPS) is 10.4. The molecule has 0 aliphatic carbocycles. The van der Waals surface area contributed by atoms with Gasteiger partial charge in [-0.3, -0.25) is 0 Å². The predicted octanol–water partition coefficient (Wildman–Crippen LogP) is 4.99. The molecule has 0 saturated heterocycles. The lowest BCUT2D eigenvalue weighted by Gasteiger charge is -2.10. The van der Waals surface area contributed by atoms with E-state index in [1.54, 1.807) is 18.2 Å². The summed E-state index contributed by atoms with van der Waals surface area (Å²) in [6.07, 6.45) is 0. The number of hydrogen-bond acceptors (Lipinski definition) is 1. The van der Waals surface area contributed by atoms with Gasteiger partial charge in [0.25, 0.3) is 0 Å². The van der Waals surface area contributed by atoms with E-state index in [1.807, 2.05) is 0 Å². The molecule has 0 aromatic heterocycles. The lowest BCUT2D eigenvalue weighted by atomic mass is 10.2. The molecule has 1 nitrogen and oxygen atoms in total. The molecule has 1 N–H and O–H groups in total. The summed E-state index contributed by atoms with van der Waals surface area (Å²) in [7, 11) is 0. The van der Waals surface area contributed by atoms with Crippen LogP contribution in [0.3, 0.4) is 0 Å². The van der Waals surface area contributed by atoms with Crippen LogP contribution < -0.4 is 5.32 Å². The molecule has 0 saturated carbocycles. The molecule has 0 heterocycles. The number of hydrogen-bond donors (Lipinski definition) is 1. The van der Waals surface area contributed by atoms with Crippen LogP contribution in [0.2, 0.25) is 5.02 Å². The monoisotopic (exact) mass is 331 g/mol. The maximum absolute atomic E-state index is 13.6. The maximum atomic E-state index is 13.6. The minimum absolute atomic E-state index is 0.0765. The third-order valence-corrected chi connectivity index (χ3v) is 3.41. The Balaban J connectivity index is 2.16. The standard InChI is InChI=1S/C13H9BrClF2N/c14-10-5-4-9(16)6-12(10)18-7-8-2-1-3-11(15)13(8)17/h1-6,18H,7H2. The van der Waals surface area contributed by atoms with E-state index in [2.05, 4.69) is 21.2 Å². The second-order valence-electron chi connectivity index (χ2n) is 3.69. The van der Waals surface area contributed by atoms with E-state index < -0.39 is 5.82 Å². The highest BCUT2D eigenvalue weighted by Gasteiger charge is 2.07. The van der Waals surface area contributed by atoms with Gasteiger partial charge in [-0.25, -0.2) is 8.78 Å². The molecule has 2 aromatic rings. The van der Waals surface area contributed by atoms with E-state index >= 15 is 0 Å². The zero-order valence-corrected chi connectivity index (χ0v) is 11.5. The highest BCUT2D eigenvalue weighted by molar-refractivity contribution is 9.10. The summed E-state index contributed by atoms with van der Waals surface area (Å²) in [5, 5.41) is 3.03. The molecule has 0 fully saturated rings. The first-order chi connectivity index (χ1) is 8.58. The molecule has 0 bridgehead atoms. The van der Waals surface area contributed by atoms with E-state index in [0.29, 0.717) is 15.7 Å². The Morgan fingerprint density at radius 3 is 2.72 bits per heavy atom. The van der Waals surface area contributed by atoms with Crippen LogP contribution in [0.1, 0.15) is 5.56 Å². The lowest BCUT2D eigenvalue weighted by molar-refractivity contribution is 0.613. The first-order valence-corrected chi connectivity index (χ1v) is 6.37. The SMILES string of the molecule is Fc1ccc(Br)c(NCc2cccc(Cl)c2F)c1. The van der Waals surface area contributed by atoms with Gasteiger partial charge in [0.2, 0.25) is 0 Å². The first-order valence-electron chi connectivity index (χ1n) is 5.20. The van der Waals surface area contributed by atoms with E-state index in [9.17, 15) is 8.78 Å². The van der Waals surface area contributed by atoms with Gasteiger partial charge in [-0.1, -0.05) is 23.7 Å². The Labute approximate surface area is 117 Å². The molecule has 5 heteroatoms. The zero-order chi connectivity index (χ0) is 13.1. The first kappa shape index (κ1) is 13.3. The summed E-state index contributed by atoms with van der Waals surface area (Å²) in [6.45, 7) is 0.231. The van der Waals surface area contributed by atoms with E-state index in [0.717, 1.165) is 0 Å². The van der Waals surface area contributed by atoms with Gasteiger partial charge in [0.05, 0.1) is 10.7 Å². The third kappa shape index (κ3) is 3.00. The van der Waals surface area contributed by atoms with Crippen LogP contribution in [-0.2, 0) is 6.54 Å². The molecule has 0 aliphatic rings. The molecule has 0 unspecified atom stereocenters. The van der Waals surface area contributed by atoms with Gasteiger partial charge in [-0.15, -0.1) is 0 Å². The van der Waals surface area contributed by atoms with Crippen molar-refractivity contribution in [2.75, 3.05) is 5.32 Å². The summed E-state index contributed by atoms with van der Waals surface area (Å²) in [5.41, 5.74) is 0.994. The Morgan fingerprint density at radius 2 is 1.94 bits per heavy atom. The van der Waals surface area contributed by atoms with Gasteiger partial charge in [0.1, 0.15) is 11.6 Å². The molecule has 0 aliphatic heterocycles. The molecular weight excluding hydrogens is 324 g/mol. The highest BCUT2D eigenvalue weighted by atomic mass is 79.9. The second kappa shape index (κ2) is 5.67. The van der Waals surface area contributed by atoms with Crippen molar-refractivity contribution in [3.05, 3.63) is 63.1 Å². The molecule has 0 amide bonds. The molecule has 94 valence electrons. The number of nitrogens with one attached hydrogen (secondary N) is 1. The summed E-state index contributed by atoms with van der Waals surface area (Å²) in [5.74, 6) is -0.813. The van der Waals surface area contributed by atoms with Crippen LogP contribution in [-0.4, -0.2) is 0 Å². The fourth-order valence-corrected chi connectivity index (χ4v) is 2.09. The van der Waals surface area contributed by atoms with Crippen molar-refractivity contribution in [2.45, 2.75) is 6.54 Å². The number of anilines is 1. The summed E-state index contributed by atoms with van der Waals surface area (Å²) >= 11 is 8.97. The quantitative estimate of drug-likeness (QED) is 0.834. The molecule has 0 spiro atoms. The van der Waals surface area contributed by atoms with Crippen molar-refractivity contribution in [1.82, 2.24) is 0 Å². The Morgan fingerprint density at radius 1 is 1.17 bits per heavy atom. The van der Waals surface area contributed by atoms with Gasteiger partial charge in [-0.2, -0.15) is 0 Å². The molecule has 18 heavy (non-hydrogen) atoms. The Bertz CT molecular complexity index is 573. The van der Waals surface area contributed by atoms with E-state index in [4.69, 9.17) is 11.6 Å². The number of benzene rings is 2. The maximum Gasteiger partial charge on any atom is 0.146 e. The third-order valence-electron chi connectivity index (χ3n) is 2.43. The van der Waals surface area contributed by atoms with Crippen LogP contribution in [0.4, 0.5) is 14.5 Å². The van der Waals surface area contributed by atoms with Crippen molar-refractivity contribution in [3.63, 3.8) is 0 Å². The van der Waals surface area contributed by atoms with Gasteiger partial charge in [-0.05, 0) is 40.2 Å². The molecule has 2 rings (SSSR count). The van der Waals surface area contributed by atoms with Crippen LogP contribution in [0.25, 0.3) is 0 Å². The largest absolute Gasteiger partial charge is 0.380 e. The van der Waals surface area contributed by atoms with Crippen LogP contribution in [0.15, 0.2) is 40.9 Å². The Kier molecular flexibility index (Phi) is 4.19. The van der Waals surface area contributed by atoms with Crippen molar-refractivity contribution >= 4 is 33.2 Å². The smallest absolute Gasteiger partial charge is 0.146 e. The molecule has 0 atom stereocenters. The lowest BCUT2D eigenvalue weighted by Crippen LogP contribution is -2.03. The van der Waals surface area contributed by atoms with E-state index in [-0.39, 0.29) is 17.4 Å². The van der Waals surface area contributed by atoms with Gasteiger partial charge in [0.15, 0.2) is 0 Å². The molecule has 2 aromatic carbocycles. The average Bonchev–Trinajstić information content (AvgIpc) is 2.35. The molecular formula is C13H9BrClF2N. The van der Waals surface area contributed by atoms with Crippen LogP contribution >= 0.6 is 27.5 Å². The fourth-order valence-electron chi connectivity index (χ4n) is 1.51. The predicted molar refractivity (Wildman–Crippen MR) is 72.8 cm³/mol. The van der Waals surface area contributed by atoms with Gasteiger partial charge < -0.3 is 5.32 Å². The minimum atomic E-state index is -0.459. The topological polar surface area (TPSA) is 12.0 Å². The van der Waals surface area contributed by atoms with Crippen LogP contribution in [0, 0.1) is 11.6 Å². The highest BCUT2D eigenvalue weighted by Crippen LogP contribution is 2.25. The van der Waals surface area contributed by atoms with Crippen molar-refractivity contribution in [2.24, 2.45) is 0 Å². The Hall–Kier alpha value is -1.13. The summed E-state index contributed by atoms with van der Waals surface area (Å²) in [4.78, 5) is 0.